The van der Waals surface area contributed by atoms with Crippen molar-refractivity contribution in [3.63, 3.8) is 0 Å². The molecule has 0 aliphatic carbocycles. The van der Waals surface area contributed by atoms with Crippen molar-refractivity contribution < 1.29 is 14.3 Å². The fourth-order valence-corrected chi connectivity index (χ4v) is 2.21. The van der Waals surface area contributed by atoms with Gasteiger partial charge in [0.1, 0.15) is 10.5 Å². The molecule has 0 saturated heterocycles. The molecule has 1 rings (SSSR count). The first-order valence-electron chi connectivity index (χ1n) is 4.90. The van der Waals surface area contributed by atoms with Crippen molar-refractivity contribution in [2.75, 3.05) is 6.54 Å². The van der Waals surface area contributed by atoms with Crippen molar-refractivity contribution in [1.82, 2.24) is 9.69 Å². The highest BCUT2D eigenvalue weighted by Gasteiger charge is 2.18. The second kappa shape index (κ2) is 5.59. The minimum atomic E-state index is -0.605. The van der Waals surface area contributed by atoms with Gasteiger partial charge in [-0.05, 0) is 48.2 Å². The Morgan fingerprint density at radius 3 is 2.65 bits per heavy atom. The van der Waals surface area contributed by atoms with E-state index in [0.29, 0.717) is 9.35 Å². The third kappa shape index (κ3) is 4.82. The number of hydrogen-bond acceptors (Lipinski definition) is 5. The molecule has 0 bridgehead atoms. The molecule has 1 N–H and O–H groups in total. The molecule has 0 spiro atoms. The number of Topliss-reactive ketones (excluding diaryl/α,β-unsaturated/α-hetero) is 1. The van der Waals surface area contributed by atoms with Crippen LogP contribution >= 0.6 is 27.5 Å². The summed E-state index contributed by atoms with van der Waals surface area (Å²) in [5.74, 6) is -0.203. The topological polar surface area (TPSA) is 68.3 Å². The van der Waals surface area contributed by atoms with E-state index in [2.05, 4.69) is 25.6 Å². The normalized spacial score (nSPS) is 11.1. The summed E-state index contributed by atoms with van der Waals surface area (Å²) in [6, 6.07) is 0. The second-order valence-electron chi connectivity index (χ2n) is 4.28. The van der Waals surface area contributed by atoms with Crippen LogP contribution in [0.4, 0.5) is 4.79 Å². The van der Waals surface area contributed by atoms with Crippen molar-refractivity contribution in [2.24, 2.45) is 0 Å². The predicted molar refractivity (Wildman–Crippen MR) is 68.4 cm³/mol. The fourth-order valence-electron chi connectivity index (χ4n) is 0.959. The third-order valence-corrected chi connectivity index (χ3v) is 3.28. The van der Waals surface area contributed by atoms with E-state index in [9.17, 15) is 9.59 Å². The van der Waals surface area contributed by atoms with E-state index >= 15 is 0 Å². The third-order valence-electron chi connectivity index (χ3n) is 1.57. The number of amides is 1. The van der Waals surface area contributed by atoms with Crippen LogP contribution in [0.2, 0.25) is 0 Å². The van der Waals surface area contributed by atoms with E-state index < -0.39 is 11.7 Å². The maximum atomic E-state index is 11.7. The Balaban J connectivity index is 2.45. The Bertz CT molecular complexity index is 425. The fraction of sp³-hybridized carbons (Fsp3) is 0.500. The van der Waals surface area contributed by atoms with Gasteiger partial charge in [-0.2, -0.15) is 4.37 Å². The van der Waals surface area contributed by atoms with E-state index in [1.807, 2.05) is 0 Å². The number of halogens is 1. The van der Waals surface area contributed by atoms with Crippen LogP contribution in [0.3, 0.4) is 0 Å². The summed E-state index contributed by atoms with van der Waals surface area (Å²) in [6.07, 6.45) is 0.942. The van der Waals surface area contributed by atoms with Crippen LogP contribution in [0.5, 0.6) is 0 Å². The van der Waals surface area contributed by atoms with Gasteiger partial charge in [0.25, 0.3) is 0 Å². The van der Waals surface area contributed by atoms with Crippen LogP contribution in [-0.2, 0) is 4.74 Å². The first-order chi connectivity index (χ1) is 7.79. The van der Waals surface area contributed by atoms with E-state index in [1.165, 1.54) is 0 Å². The van der Waals surface area contributed by atoms with E-state index in [0.717, 1.165) is 11.5 Å². The number of carbonyl (C=O) groups excluding carboxylic acids is 2. The predicted octanol–water partition coefficient (Wildman–Crippen LogP) is 2.61. The van der Waals surface area contributed by atoms with Crippen molar-refractivity contribution in [2.45, 2.75) is 26.4 Å². The molecule has 0 unspecified atom stereocenters. The standard InChI is InChI=1S/C10H13BrN2O3S/c1-10(2,3)16-9(15)12-5-7(14)8-6(11)4-13-17-8/h4H,5H2,1-3H3,(H,12,15). The SMILES string of the molecule is CC(C)(C)OC(=O)NCC(=O)c1sncc1Br. The van der Waals surface area contributed by atoms with Gasteiger partial charge >= 0.3 is 6.09 Å². The Hall–Kier alpha value is -0.950. The number of carbonyl (C=O) groups is 2. The van der Waals surface area contributed by atoms with E-state index in [4.69, 9.17) is 4.74 Å². The lowest BCUT2D eigenvalue weighted by Gasteiger charge is -2.19. The Labute approximate surface area is 112 Å². The lowest BCUT2D eigenvalue weighted by molar-refractivity contribution is 0.0520. The maximum absolute atomic E-state index is 11.7. The summed E-state index contributed by atoms with van der Waals surface area (Å²) in [5, 5.41) is 2.40. The molecular weight excluding hydrogens is 308 g/mol. The highest BCUT2D eigenvalue weighted by Crippen LogP contribution is 2.19. The van der Waals surface area contributed by atoms with Gasteiger partial charge in [-0.25, -0.2) is 4.79 Å². The second-order valence-corrected chi connectivity index (χ2v) is 5.94. The van der Waals surface area contributed by atoms with Crippen molar-refractivity contribution in [3.05, 3.63) is 15.5 Å². The van der Waals surface area contributed by atoms with Gasteiger partial charge < -0.3 is 10.1 Å². The van der Waals surface area contributed by atoms with Gasteiger partial charge in [0.2, 0.25) is 0 Å². The molecule has 1 amide bonds. The molecule has 0 fully saturated rings. The number of nitrogens with zero attached hydrogens (tertiary/aromatic N) is 1. The minimum absolute atomic E-state index is 0.101. The lowest BCUT2D eigenvalue weighted by Crippen LogP contribution is -2.35. The number of rotatable bonds is 3. The summed E-state index contributed by atoms with van der Waals surface area (Å²) in [4.78, 5) is 23.5. The molecule has 1 heterocycles. The highest BCUT2D eigenvalue weighted by molar-refractivity contribution is 9.10. The van der Waals surface area contributed by atoms with Crippen LogP contribution in [0.1, 0.15) is 30.4 Å². The monoisotopic (exact) mass is 320 g/mol. The van der Waals surface area contributed by atoms with Crippen LogP contribution in [0.15, 0.2) is 10.7 Å². The van der Waals surface area contributed by atoms with Crippen molar-refractivity contribution in [3.8, 4) is 0 Å². The molecule has 0 aromatic carbocycles. The molecule has 0 atom stereocenters. The zero-order chi connectivity index (χ0) is 13.1. The van der Waals surface area contributed by atoms with Crippen LogP contribution in [0.25, 0.3) is 0 Å². The van der Waals surface area contributed by atoms with Crippen LogP contribution < -0.4 is 5.32 Å². The van der Waals surface area contributed by atoms with Gasteiger partial charge in [0.05, 0.1) is 17.2 Å². The Morgan fingerprint density at radius 2 is 2.18 bits per heavy atom. The molecule has 0 aliphatic rings. The summed E-state index contributed by atoms with van der Waals surface area (Å²) >= 11 is 4.29. The average Bonchev–Trinajstić information content (AvgIpc) is 2.58. The Morgan fingerprint density at radius 1 is 1.53 bits per heavy atom. The molecule has 7 heteroatoms. The van der Waals surface area contributed by atoms with Gasteiger partial charge in [-0.15, -0.1) is 0 Å². The quantitative estimate of drug-likeness (QED) is 0.869. The molecule has 5 nitrogen and oxygen atoms in total. The molecule has 94 valence electrons. The summed E-state index contributed by atoms with van der Waals surface area (Å²) in [6.45, 7) is 5.17. The number of nitrogens with one attached hydrogen (secondary N) is 1. The van der Waals surface area contributed by atoms with Gasteiger partial charge in [0, 0.05) is 0 Å². The summed E-state index contributed by atoms with van der Waals surface area (Å²) in [7, 11) is 0. The van der Waals surface area contributed by atoms with Crippen LogP contribution in [-0.4, -0.2) is 28.4 Å². The van der Waals surface area contributed by atoms with Crippen molar-refractivity contribution >= 4 is 39.3 Å². The number of hydrogen-bond donors (Lipinski definition) is 1. The van der Waals surface area contributed by atoms with E-state index in [1.54, 1.807) is 27.0 Å². The van der Waals surface area contributed by atoms with E-state index in [-0.39, 0.29) is 12.3 Å². The zero-order valence-electron chi connectivity index (χ0n) is 9.74. The molecule has 17 heavy (non-hydrogen) atoms. The molecule has 0 radical (unpaired) electrons. The lowest BCUT2D eigenvalue weighted by atomic mass is 10.2. The number of ketones is 1. The zero-order valence-corrected chi connectivity index (χ0v) is 12.1. The smallest absolute Gasteiger partial charge is 0.408 e. The Kier molecular flexibility index (Phi) is 4.64. The number of alkyl carbamates (subject to hydrolysis) is 1. The number of ether oxygens (including phenoxy) is 1. The molecular formula is C10H13BrN2O3S. The summed E-state index contributed by atoms with van der Waals surface area (Å²) in [5.41, 5.74) is -0.571. The number of aromatic nitrogens is 1. The molecule has 1 aromatic heterocycles. The molecule has 0 saturated carbocycles. The first kappa shape index (κ1) is 14.1. The molecule has 1 aromatic rings. The summed E-state index contributed by atoms with van der Waals surface area (Å²) < 4.78 is 9.51. The largest absolute Gasteiger partial charge is 0.444 e. The first-order valence-corrected chi connectivity index (χ1v) is 6.46. The minimum Gasteiger partial charge on any atom is -0.444 e. The van der Waals surface area contributed by atoms with Crippen LogP contribution in [0, 0.1) is 0 Å². The maximum Gasteiger partial charge on any atom is 0.408 e. The highest BCUT2D eigenvalue weighted by atomic mass is 79.9. The van der Waals surface area contributed by atoms with Gasteiger partial charge in [-0.3, -0.25) is 4.79 Å². The van der Waals surface area contributed by atoms with Gasteiger partial charge in [0.15, 0.2) is 5.78 Å². The molecule has 0 aliphatic heterocycles. The van der Waals surface area contributed by atoms with Crippen molar-refractivity contribution in [1.29, 1.82) is 0 Å². The average molecular weight is 321 g/mol. The van der Waals surface area contributed by atoms with Gasteiger partial charge in [-0.1, -0.05) is 0 Å².